The molecule has 1 aromatic rings. The Morgan fingerprint density at radius 3 is 3.00 bits per heavy atom. The number of hydrazine groups is 1. The van der Waals surface area contributed by atoms with Crippen LogP contribution in [0.3, 0.4) is 0 Å². The summed E-state index contributed by atoms with van der Waals surface area (Å²) in [5.74, 6) is 6.62. The Hall–Kier alpha value is -1.03. The predicted octanol–water partition coefficient (Wildman–Crippen LogP) is 1.28. The molecule has 0 aliphatic carbocycles. The lowest BCUT2D eigenvalue weighted by Crippen LogP contribution is -2.32. The lowest BCUT2D eigenvalue weighted by Gasteiger charge is -2.15. The molecule has 0 aliphatic rings. The normalized spacial score (nSPS) is 10.2. The lowest BCUT2D eigenvalue weighted by atomic mass is 10.2. The molecule has 0 amide bonds. The van der Waals surface area contributed by atoms with E-state index in [9.17, 15) is 0 Å². The van der Waals surface area contributed by atoms with Gasteiger partial charge in [0, 0.05) is 12.6 Å². The molecule has 0 bridgehead atoms. The molecule has 0 atom stereocenters. The van der Waals surface area contributed by atoms with E-state index in [-0.39, 0.29) is 0 Å². The average Bonchev–Trinajstić information content (AvgIpc) is 2.56. The molecule has 3 N–H and O–H groups in total. The van der Waals surface area contributed by atoms with Gasteiger partial charge < -0.3 is 0 Å². The van der Waals surface area contributed by atoms with Crippen LogP contribution in [-0.4, -0.2) is 16.7 Å². The number of hydrogen-bond donors (Lipinski definition) is 2. The first-order valence-corrected chi connectivity index (χ1v) is 4.36. The number of unbranched alkanes of at least 4 members (excludes halogenated alkanes) is 2. The Kier molecular flexibility index (Phi) is 3.60. The second-order valence-electron chi connectivity index (χ2n) is 2.84. The molecule has 0 aromatic carbocycles. The van der Waals surface area contributed by atoms with Gasteiger partial charge >= 0.3 is 0 Å². The highest BCUT2D eigenvalue weighted by molar-refractivity contribution is 5.33. The SMILES string of the molecule is CCCCCN(N)c1ccn[nH]1. The molecule has 1 heterocycles. The van der Waals surface area contributed by atoms with Crippen LogP contribution in [0.4, 0.5) is 5.82 Å². The van der Waals surface area contributed by atoms with Crippen LogP contribution in [-0.2, 0) is 0 Å². The van der Waals surface area contributed by atoms with Crippen molar-refractivity contribution in [2.24, 2.45) is 5.84 Å². The number of rotatable bonds is 5. The zero-order chi connectivity index (χ0) is 8.81. The van der Waals surface area contributed by atoms with Crippen LogP contribution >= 0.6 is 0 Å². The van der Waals surface area contributed by atoms with E-state index in [0.717, 1.165) is 18.8 Å². The smallest absolute Gasteiger partial charge is 0.138 e. The molecule has 1 rings (SSSR count). The Morgan fingerprint density at radius 1 is 1.58 bits per heavy atom. The van der Waals surface area contributed by atoms with Crippen LogP contribution in [0, 0.1) is 0 Å². The van der Waals surface area contributed by atoms with Crippen LogP contribution in [0.2, 0.25) is 0 Å². The number of hydrogen-bond acceptors (Lipinski definition) is 3. The van der Waals surface area contributed by atoms with Gasteiger partial charge in [-0.1, -0.05) is 19.8 Å². The molecule has 1 aromatic heterocycles. The van der Waals surface area contributed by atoms with Crippen LogP contribution < -0.4 is 10.9 Å². The largest absolute Gasteiger partial charge is 0.295 e. The minimum atomic E-state index is 0.881. The molecular formula is C8H16N4. The minimum absolute atomic E-state index is 0.881. The average molecular weight is 168 g/mol. The van der Waals surface area contributed by atoms with Crippen molar-refractivity contribution >= 4 is 5.82 Å². The van der Waals surface area contributed by atoms with Gasteiger partial charge in [-0.25, -0.2) is 5.84 Å². The number of anilines is 1. The maximum absolute atomic E-state index is 5.74. The van der Waals surface area contributed by atoms with E-state index in [1.165, 1.54) is 12.8 Å². The maximum Gasteiger partial charge on any atom is 0.138 e. The van der Waals surface area contributed by atoms with Crippen LogP contribution in [0.25, 0.3) is 0 Å². The van der Waals surface area contributed by atoms with Crippen molar-refractivity contribution in [2.45, 2.75) is 26.2 Å². The van der Waals surface area contributed by atoms with Gasteiger partial charge in [0.05, 0.1) is 6.20 Å². The molecule has 12 heavy (non-hydrogen) atoms. The van der Waals surface area contributed by atoms with E-state index < -0.39 is 0 Å². The van der Waals surface area contributed by atoms with Crippen LogP contribution in [0.15, 0.2) is 12.3 Å². The van der Waals surface area contributed by atoms with Gasteiger partial charge in [-0.3, -0.25) is 10.1 Å². The zero-order valence-corrected chi connectivity index (χ0v) is 7.45. The topological polar surface area (TPSA) is 57.9 Å². The van der Waals surface area contributed by atoms with Crippen molar-refractivity contribution in [3.63, 3.8) is 0 Å². The van der Waals surface area contributed by atoms with Crippen molar-refractivity contribution in [3.05, 3.63) is 12.3 Å². The number of nitrogens with one attached hydrogen (secondary N) is 1. The molecule has 4 heteroatoms. The molecule has 0 spiro atoms. The lowest BCUT2D eigenvalue weighted by molar-refractivity contribution is 0.682. The number of aromatic nitrogens is 2. The highest BCUT2D eigenvalue weighted by atomic mass is 15.4. The van der Waals surface area contributed by atoms with Crippen molar-refractivity contribution < 1.29 is 0 Å². The summed E-state index contributed by atoms with van der Waals surface area (Å²) < 4.78 is 0. The molecule has 0 radical (unpaired) electrons. The van der Waals surface area contributed by atoms with Gasteiger partial charge in [0.2, 0.25) is 0 Å². The van der Waals surface area contributed by atoms with Gasteiger partial charge in [0.25, 0.3) is 0 Å². The Bertz CT molecular complexity index is 195. The summed E-state index contributed by atoms with van der Waals surface area (Å²) in [7, 11) is 0. The summed E-state index contributed by atoms with van der Waals surface area (Å²) >= 11 is 0. The molecule has 0 aliphatic heterocycles. The number of nitrogens with two attached hydrogens (primary N) is 1. The molecule has 68 valence electrons. The van der Waals surface area contributed by atoms with Gasteiger partial charge in [0.15, 0.2) is 0 Å². The summed E-state index contributed by atoms with van der Waals surface area (Å²) in [4.78, 5) is 0. The summed E-state index contributed by atoms with van der Waals surface area (Å²) in [5, 5.41) is 8.34. The van der Waals surface area contributed by atoms with Crippen LogP contribution in [0.5, 0.6) is 0 Å². The molecule has 0 saturated heterocycles. The van der Waals surface area contributed by atoms with E-state index in [4.69, 9.17) is 5.84 Å². The molecule has 0 fully saturated rings. The Balaban J connectivity index is 2.25. The molecule has 0 saturated carbocycles. The van der Waals surface area contributed by atoms with Crippen molar-refractivity contribution in [3.8, 4) is 0 Å². The molecular weight excluding hydrogens is 152 g/mol. The standard InChI is InChI=1S/C8H16N4/c1-2-3-4-7-12(9)8-5-6-10-11-8/h5-6H,2-4,7,9H2,1H3,(H,10,11). The van der Waals surface area contributed by atoms with Crippen molar-refractivity contribution in [1.82, 2.24) is 10.2 Å². The quantitative estimate of drug-likeness (QED) is 0.395. The highest BCUT2D eigenvalue weighted by Crippen LogP contribution is 2.05. The van der Waals surface area contributed by atoms with E-state index in [2.05, 4.69) is 17.1 Å². The third-order valence-corrected chi connectivity index (χ3v) is 1.80. The van der Waals surface area contributed by atoms with Crippen molar-refractivity contribution in [2.75, 3.05) is 11.6 Å². The zero-order valence-electron chi connectivity index (χ0n) is 7.45. The first-order chi connectivity index (χ1) is 5.84. The first kappa shape index (κ1) is 9.06. The Morgan fingerprint density at radius 2 is 2.42 bits per heavy atom. The van der Waals surface area contributed by atoms with Gasteiger partial charge in [-0.2, -0.15) is 5.10 Å². The van der Waals surface area contributed by atoms with Gasteiger partial charge in [-0.05, 0) is 6.42 Å². The third-order valence-electron chi connectivity index (χ3n) is 1.80. The number of H-pyrrole nitrogens is 1. The van der Waals surface area contributed by atoms with Gasteiger partial charge in [-0.15, -0.1) is 0 Å². The minimum Gasteiger partial charge on any atom is -0.295 e. The monoisotopic (exact) mass is 168 g/mol. The fourth-order valence-corrected chi connectivity index (χ4v) is 1.06. The van der Waals surface area contributed by atoms with Gasteiger partial charge in [0.1, 0.15) is 5.82 Å². The maximum atomic E-state index is 5.74. The number of aromatic amines is 1. The highest BCUT2D eigenvalue weighted by Gasteiger charge is 2.00. The summed E-state index contributed by atoms with van der Waals surface area (Å²) in [6.45, 7) is 3.06. The second-order valence-corrected chi connectivity index (χ2v) is 2.84. The summed E-state index contributed by atoms with van der Waals surface area (Å²) in [6.07, 6.45) is 5.28. The van der Waals surface area contributed by atoms with Crippen molar-refractivity contribution in [1.29, 1.82) is 0 Å². The van der Waals surface area contributed by atoms with E-state index in [1.807, 2.05) is 6.07 Å². The van der Waals surface area contributed by atoms with E-state index >= 15 is 0 Å². The first-order valence-electron chi connectivity index (χ1n) is 4.36. The second kappa shape index (κ2) is 4.77. The fourth-order valence-electron chi connectivity index (χ4n) is 1.06. The van der Waals surface area contributed by atoms with E-state index in [0.29, 0.717) is 0 Å². The summed E-state index contributed by atoms with van der Waals surface area (Å²) in [5.41, 5.74) is 0. The fraction of sp³-hybridized carbons (Fsp3) is 0.625. The number of nitrogens with zero attached hydrogens (tertiary/aromatic N) is 2. The predicted molar refractivity (Wildman–Crippen MR) is 49.6 cm³/mol. The summed E-state index contributed by atoms with van der Waals surface area (Å²) in [6, 6.07) is 1.87. The third kappa shape index (κ3) is 2.54. The molecule has 4 nitrogen and oxygen atoms in total. The van der Waals surface area contributed by atoms with E-state index in [1.54, 1.807) is 11.2 Å². The Labute approximate surface area is 72.7 Å². The van der Waals surface area contributed by atoms with Crippen LogP contribution in [0.1, 0.15) is 26.2 Å². The molecule has 0 unspecified atom stereocenters.